The summed E-state index contributed by atoms with van der Waals surface area (Å²) in [5.41, 5.74) is 17.5. The molecule has 0 radical (unpaired) electrons. The fourth-order valence-corrected chi connectivity index (χ4v) is 7.47. The summed E-state index contributed by atoms with van der Waals surface area (Å²) in [7, 11) is 0. The van der Waals surface area contributed by atoms with Gasteiger partial charge in [0.25, 0.3) is 0 Å². The van der Waals surface area contributed by atoms with Gasteiger partial charge in [-0.1, -0.05) is 111 Å². The average Bonchev–Trinajstić information content (AvgIpc) is 3.56. The summed E-state index contributed by atoms with van der Waals surface area (Å²) < 4.78 is 2.22. The molecular formula is C50H45N3O. The number of phenolic OH excluding ortho intramolecular Hbond substituents is 1. The number of phenols is 1. The lowest BCUT2D eigenvalue weighted by molar-refractivity contribution is 0.472. The lowest BCUT2D eigenvalue weighted by atomic mass is 9.83. The van der Waals surface area contributed by atoms with Crippen LogP contribution in [0, 0.1) is 27.7 Å². The fraction of sp³-hybridized carbons (Fsp3) is 0.160. The molecular weight excluding hydrogens is 659 g/mol. The first-order valence-electron chi connectivity index (χ1n) is 18.6. The summed E-state index contributed by atoms with van der Waals surface area (Å²) in [6.45, 7) is 15.0. The topological polar surface area (TPSA) is 50.9 Å². The number of aromatic hydroxyl groups is 1. The van der Waals surface area contributed by atoms with Crippen LogP contribution in [-0.4, -0.2) is 19.6 Å². The normalized spacial score (nSPS) is 11.7. The third-order valence-electron chi connectivity index (χ3n) is 10.3. The minimum atomic E-state index is -0.113. The van der Waals surface area contributed by atoms with Crippen molar-refractivity contribution in [2.75, 3.05) is 0 Å². The molecule has 266 valence electrons. The van der Waals surface area contributed by atoms with E-state index in [1.54, 1.807) is 0 Å². The fourth-order valence-electron chi connectivity index (χ4n) is 7.47. The Morgan fingerprint density at radius 3 is 2.02 bits per heavy atom. The highest BCUT2D eigenvalue weighted by molar-refractivity contribution is 5.97. The summed E-state index contributed by atoms with van der Waals surface area (Å²) in [5, 5.41) is 11.6. The predicted octanol–water partition coefficient (Wildman–Crippen LogP) is 13.0. The van der Waals surface area contributed by atoms with Crippen molar-refractivity contribution in [1.82, 2.24) is 14.5 Å². The number of para-hydroxylation sites is 1. The molecule has 0 bridgehead atoms. The van der Waals surface area contributed by atoms with E-state index in [-0.39, 0.29) is 11.2 Å². The molecule has 0 amide bonds. The molecule has 8 rings (SSSR count). The summed E-state index contributed by atoms with van der Waals surface area (Å²) in [5.74, 6) is 0.942. The van der Waals surface area contributed by atoms with Crippen molar-refractivity contribution < 1.29 is 5.11 Å². The van der Waals surface area contributed by atoms with Gasteiger partial charge in [-0.25, -0.2) is 4.98 Å². The minimum absolute atomic E-state index is 0.113. The molecule has 0 fully saturated rings. The van der Waals surface area contributed by atoms with Crippen LogP contribution in [0.4, 0.5) is 0 Å². The third-order valence-corrected chi connectivity index (χ3v) is 10.3. The number of imidazole rings is 1. The maximum absolute atomic E-state index is 11.6. The van der Waals surface area contributed by atoms with Crippen LogP contribution in [0.1, 0.15) is 48.6 Å². The predicted molar refractivity (Wildman–Crippen MR) is 225 cm³/mol. The second-order valence-electron chi connectivity index (χ2n) is 15.7. The van der Waals surface area contributed by atoms with Crippen molar-refractivity contribution >= 4 is 11.0 Å². The number of rotatable bonds is 6. The zero-order valence-electron chi connectivity index (χ0n) is 32.1. The van der Waals surface area contributed by atoms with Crippen molar-refractivity contribution in [3.63, 3.8) is 0 Å². The highest BCUT2D eigenvalue weighted by Crippen LogP contribution is 2.41. The first-order valence-corrected chi connectivity index (χ1v) is 18.6. The lowest BCUT2D eigenvalue weighted by Crippen LogP contribution is -2.11. The van der Waals surface area contributed by atoms with E-state index >= 15 is 0 Å². The zero-order chi connectivity index (χ0) is 37.7. The van der Waals surface area contributed by atoms with Crippen LogP contribution in [-0.2, 0) is 5.41 Å². The molecule has 0 aliphatic heterocycles. The van der Waals surface area contributed by atoms with Crippen molar-refractivity contribution in [1.29, 1.82) is 0 Å². The van der Waals surface area contributed by atoms with Gasteiger partial charge in [-0.3, -0.25) is 9.55 Å². The Balaban J connectivity index is 1.38. The molecule has 6 aromatic carbocycles. The molecule has 8 aromatic rings. The second kappa shape index (κ2) is 13.6. The van der Waals surface area contributed by atoms with Gasteiger partial charge >= 0.3 is 0 Å². The smallest absolute Gasteiger partial charge is 0.149 e. The summed E-state index contributed by atoms with van der Waals surface area (Å²) in [6, 6.07) is 47.3. The van der Waals surface area contributed by atoms with Crippen LogP contribution < -0.4 is 0 Å². The monoisotopic (exact) mass is 703 g/mol. The average molecular weight is 704 g/mol. The quantitative estimate of drug-likeness (QED) is 0.188. The van der Waals surface area contributed by atoms with E-state index in [1.165, 1.54) is 16.7 Å². The lowest BCUT2D eigenvalue weighted by Gasteiger charge is -2.22. The molecule has 0 atom stereocenters. The number of hydrogen-bond acceptors (Lipinski definition) is 3. The van der Waals surface area contributed by atoms with Crippen molar-refractivity contribution in [3.05, 3.63) is 167 Å². The molecule has 54 heavy (non-hydrogen) atoms. The van der Waals surface area contributed by atoms with Gasteiger partial charge in [0, 0.05) is 23.0 Å². The molecule has 2 heterocycles. The Hall–Kier alpha value is -6.26. The van der Waals surface area contributed by atoms with Gasteiger partial charge in [0.15, 0.2) is 0 Å². The molecule has 0 saturated heterocycles. The maximum atomic E-state index is 11.6. The van der Waals surface area contributed by atoms with E-state index in [0.29, 0.717) is 11.4 Å². The highest BCUT2D eigenvalue weighted by atomic mass is 16.3. The van der Waals surface area contributed by atoms with E-state index in [9.17, 15) is 5.11 Å². The Morgan fingerprint density at radius 2 is 1.26 bits per heavy atom. The molecule has 1 N–H and O–H groups in total. The summed E-state index contributed by atoms with van der Waals surface area (Å²) in [4.78, 5) is 10.3. The van der Waals surface area contributed by atoms with Gasteiger partial charge in [-0.05, 0) is 132 Å². The standard InChI is InChI=1S/C50H45N3O/c1-31-16-18-36(19-17-31)37-20-21-51-45(30-37)40-26-39(27-41(28-40)50(5,6)7)43-14-11-15-46-47(43)52-49(44-25-32(2)22-34(4)48(44)54)53(46)42-24-33(3)23-38(29-42)35-12-9-8-10-13-35/h8-30,54H,1-7H3. The highest BCUT2D eigenvalue weighted by Gasteiger charge is 2.23. The van der Waals surface area contributed by atoms with Crippen molar-refractivity contribution in [2.24, 2.45) is 0 Å². The first-order chi connectivity index (χ1) is 25.9. The number of nitrogens with zero attached hydrogens (tertiary/aromatic N) is 3. The van der Waals surface area contributed by atoms with Crippen LogP contribution in [0.5, 0.6) is 5.75 Å². The van der Waals surface area contributed by atoms with E-state index in [4.69, 9.17) is 9.97 Å². The van der Waals surface area contributed by atoms with E-state index in [2.05, 4.69) is 161 Å². The third kappa shape index (κ3) is 6.60. The van der Waals surface area contributed by atoms with Crippen molar-refractivity contribution in [3.8, 4) is 67.5 Å². The van der Waals surface area contributed by atoms with Gasteiger partial charge in [0.2, 0.25) is 0 Å². The summed E-state index contributed by atoms with van der Waals surface area (Å²) >= 11 is 0. The molecule has 0 unspecified atom stereocenters. The van der Waals surface area contributed by atoms with Gasteiger partial charge in [-0.2, -0.15) is 0 Å². The molecule has 0 aliphatic rings. The van der Waals surface area contributed by atoms with Crippen LogP contribution in [0.25, 0.3) is 72.7 Å². The van der Waals surface area contributed by atoms with Crippen LogP contribution in [0.2, 0.25) is 0 Å². The van der Waals surface area contributed by atoms with Crippen molar-refractivity contribution in [2.45, 2.75) is 53.9 Å². The Labute approximate surface area is 318 Å². The van der Waals surface area contributed by atoms with E-state index in [1.807, 2.05) is 31.3 Å². The molecule has 0 spiro atoms. The van der Waals surface area contributed by atoms with Crippen LogP contribution >= 0.6 is 0 Å². The van der Waals surface area contributed by atoms with E-state index in [0.717, 1.165) is 72.5 Å². The van der Waals surface area contributed by atoms with Crippen LogP contribution in [0.15, 0.2) is 140 Å². The van der Waals surface area contributed by atoms with Gasteiger partial charge in [0.05, 0.1) is 22.3 Å². The number of aromatic nitrogens is 3. The van der Waals surface area contributed by atoms with E-state index < -0.39 is 0 Å². The van der Waals surface area contributed by atoms with Gasteiger partial charge < -0.3 is 5.11 Å². The second-order valence-corrected chi connectivity index (χ2v) is 15.7. The largest absolute Gasteiger partial charge is 0.507 e. The Kier molecular flexibility index (Phi) is 8.78. The number of aryl methyl sites for hydroxylation is 4. The SMILES string of the molecule is Cc1ccc(-c2ccnc(-c3cc(-c4cccc5c4nc(-c4cc(C)cc(C)c4O)n5-c4cc(C)cc(-c5ccccc5)c4)cc(C(C)(C)C)c3)c2)cc1. The number of hydrogen-bond donors (Lipinski definition) is 1. The zero-order valence-corrected chi connectivity index (χ0v) is 32.1. The van der Waals surface area contributed by atoms with Crippen LogP contribution in [0.3, 0.4) is 0 Å². The molecule has 4 nitrogen and oxygen atoms in total. The molecule has 0 aliphatic carbocycles. The molecule has 0 saturated carbocycles. The first kappa shape index (κ1) is 34.8. The summed E-state index contributed by atoms with van der Waals surface area (Å²) in [6.07, 6.45) is 1.91. The number of benzene rings is 6. The Bertz CT molecular complexity index is 2680. The maximum Gasteiger partial charge on any atom is 0.149 e. The van der Waals surface area contributed by atoms with Gasteiger partial charge in [0.1, 0.15) is 11.6 Å². The molecule has 2 aromatic heterocycles. The number of fused-ring (bicyclic) bond motifs is 1. The number of pyridine rings is 1. The minimum Gasteiger partial charge on any atom is -0.507 e. The van der Waals surface area contributed by atoms with Gasteiger partial charge in [-0.15, -0.1) is 0 Å². The molecule has 4 heteroatoms. The Morgan fingerprint density at radius 1 is 0.537 bits per heavy atom.